The summed E-state index contributed by atoms with van der Waals surface area (Å²) < 4.78 is 18.3. The number of esters is 1. The Labute approximate surface area is 105 Å². The van der Waals surface area contributed by atoms with Crippen LogP contribution in [0.5, 0.6) is 0 Å². The van der Waals surface area contributed by atoms with Crippen molar-refractivity contribution in [1.29, 1.82) is 0 Å². The van der Waals surface area contributed by atoms with E-state index in [0.717, 1.165) is 0 Å². The molecule has 0 bridgehead atoms. The van der Waals surface area contributed by atoms with Crippen LogP contribution >= 0.6 is 11.6 Å². The normalized spacial score (nSPS) is 13.3. The molecule has 0 aliphatic carbocycles. The summed E-state index contributed by atoms with van der Waals surface area (Å²) in [7, 11) is 1.26. The second-order valence-corrected chi connectivity index (χ2v) is 4.73. The zero-order chi connectivity index (χ0) is 13.2. The molecule has 0 radical (unpaired) electrons. The molecule has 3 nitrogen and oxygen atoms in total. The predicted octanol–water partition coefficient (Wildman–Crippen LogP) is 2.68. The molecule has 2 N–H and O–H groups in total. The smallest absolute Gasteiger partial charge is 0.313 e. The van der Waals surface area contributed by atoms with Crippen LogP contribution in [0.2, 0.25) is 5.02 Å². The van der Waals surface area contributed by atoms with E-state index in [0.29, 0.717) is 0 Å². The molecule has 0 unspecified atom stereocenters. The summed E-state index contributed by atoms with van der Waals surface area (Å²) in [4.78, 5) is 11.6. The number of hydrogen-bond acceptors (Lipinski definition) is 3. The van der Waals surface area contributed by atoms with Gasteiger partial charge < -0.3 is 10.5 Å². The summed E-state index contributed by atoms with van der Waals surface area (Å²) in [5.74, 6) is -1.04. The third-order valence-corrected chi connectivity index (χ3v) is 3.13. The van der Waals surface area contributed by atoms with Gasteiger partial charge in [-0.1, -0.05) is 17.7 Å². The maximum atomic E-state index is 13.7. The van der Waals surface area contributed by atoms with Crippen LogP contribution in [0.25, 0.3) is 0 Å². The number of carbonyl (C=O) groups is 1. The highest BCUT2D eigenvalue weighted by molar-refractivity contribution is 6.31. The van der Waals surface area contributed by atoms with Gasteiger partial charge in [0.25, 0.3) is 0 Å². The first kappa shape index (κ1) is 13.9. The lowest BCUT2D eigenvalue weighted by molar-refractivity contribution is -0.152. The van der Waals surface area contributed by atoms with Crippen molar-refractivity contribution in [2.24, 2.45) is 11.1 Å². The standard InChI is InChI=1S/C12H15ClFNO2/c1-12(2,11(16)17-3)10(15)9-7(13)5-4-6-8(9)14/h4-6,10H,15H2,1-3H3/t10-/m0/s1. The molecular formula is C12H15ClFNO2. The minimum Gasteiger partial charge on any atom is -0.469 e. The zero-order valence-electron chi connectivity index (χ0n) is 9.96. The first-order chi connectivity index (χ1) is 7.82. The Hall–Kier alpha value is -1.13. The van der Waals surface area contributed by atoms with Crippen molar-refractivity contribution < 1.29 is 13.9 Å². The van der Waals surface area contributed by atoms with Crippen LogP contribution in [-0.4, -0.2) is 13.1 Å². The van der Waals surface area contributed by atoms with Crippen molar-refractivity contribution in [3.8, 4) is 0 Å². The molecule has 1 atom stereocenters. The second-order valence-electron chi connectivity index (χ2n) is 4.33. The minimum absolute atomic E-state index is 0.129. The molecule has 94 valence electrons. The number of methoxy groups -OCH3 is 1. The molecule has 0 fully saturated rings. The summed E-state index contributed by atoms with van der Waals surface area (Å²) in [5.41, 5.74) is 5.00. The zero-order valence-corrected chi connectivity index (χ0v) is 10.7. The van der Waals surface area contributed by atoms with Crippen molar-refractivity contribution in [1.82, 2.24) is 0 Å². The predicted molar refractivity (Wildman–Crippen MR) is 64.1 cm³/mol. The largest absolute Gasteiger partial charge is 0.469 e. The van der Waals surface area contributed by atoms with Crippen molar-refractivity contribution >= 4 is 17.6 Å². The fraction of sp³-hybridized carbons (Fsp3) is 0.417. The summed E-state index contributed by atoms with van der Waals surface area (Å²) in [5, 5.41) is 0.203. The first-order valence-electron chi connectivity index (χ1n) is 5.10. The molecule has 17 heavy (non-hydrogen) atoms. The van der Waals surface area contributed by atoms with Crippen LogP contribution < -0.4 is 5.73 Å². The highest BCUT2D eigenvalue weighted by Gasteiger charge is 2.38. The first-order valence-corrected chi connectivity index (χ1v) is 5.48. The van der Waals surface area contributed by atoms with Gasteiger partial charge in [-0.15, -0.1) is 0 Å². The van der Waals surface area contributed by atoms with E-state index in [2.05, 4.69) is 4.74 Å². The Morgan fingerprint density at radius 3 is 2.59 bits per heavy atom. The second kappa shape index (κ2) is 5.02. The molecular weight excluding hydrogens is 245 g/mol. The highest BCUT2D eigenvalue weighted by atomic mass is 35.5. The molecule has 1 rings (SSSR count). The van der Waals surface area contributed by atoms with Crippen LogP contribution in [0.3, 0.4) is 0 Å². The molecule has 0 aliphatic rings. The molecule has 0 amide bonds. The maximum Gasteiger partial charge on any atom is 0.313 e. The van der Waals surface area contributed by atoms with Crippen molar-refractivity contribution in [2.45, 2.75) is 19.9 Å². The van der Waals surface area contributed by atoms with Gasteiger partial charge >= 0.3 is 5.97 Å². The molecule has 0 aliphatic heterocycles. The van der Waals surface area contributed by atoms with Gasteiger partial charge in [-0.3, -0.25) is 4.79 Å². The van der Waals surface area contributed by atoms with E-state index in [1.54, 1.807) is 13.8 Å². The average molecular weight is 260 g/mol. The van der Waals surface area contributed by atoms with Crippen molar-refractivity contribution in [3.63, 3.8) is 0 Å². The molecule has 0 spiro atoms. The maximum absolute atomic E-state index is 13.7. The number of rotatable bonds is 3. The number of halogens is 2. The minimum atomic E-state index is -1.05. The Morgan fingerprint density at radius 1 is 1.53 bits per heavy atom. The van der Waals surface area contributed by atoms with E-state index in [9.17, 15) is 9.18 Å². The third kappa shape index (κ3) is 2.58. The molecule has 1 aromatic rings. The SMILES string of the molecule is COC(=O)C(C)(C)[C@@H](N)c1c(F)cccc1Cl. The molecule has 0 heterocycles. The van der Waals surface area contributed by atoms with E-state index in [-0.39, 0.29) is 10.6 Å². The van der Waals surface area contributed by atoms with E-state index in [1.807, 2.05) is 0 Å². The van der Waals surface area contributed by atoms with Crippen LogP contribution in [-0.2, 0) is 9.53 Å². The molecule has 0 saturated carbocycles. The monoisotopic (exact) mass is 259 g/mol. The quantitative estimate of drug-likeness (QED) is 0.849. The van der Waals surface area contributed by atoms with E-state index < -0.39 is 23.2 Å². The number of carbonyl (C=O) groups excluding carboxylic acids is 1. The fourth-order valence-electron chi connectivity index (χ4n) is 1.56. The molecule has 5 heteroatoms. The lowest BCUT2D eigenvalue weighted by atomic mass is 9.81. The molecule has 1 aromatic carbocycles. The Kier molecular flexibility index (Phi) is 4.11. The lowest BCUT2D eigenvalue weighted by Gasteiger charge is -2.29. The number of nitrogens with two attached hydrogens (primary N) is 1. The van der Waals surface area contributed by atoms with Gasteiger partial charge in [-0.25, -0.2) is 4.39 Å². The summed E-state index contributed by atoms with van der Waals surface area (Å²) >= 11 is 5.91. The van der Waals surface area contributed by atoms with Gasteiger partial charge in [-0.2, -0.15) is 0 Å². The van der Waals surface area contributed by atoms with Crippen LogP contribution in [0.15, 0.2) is 18.2 Å². The van der Waals surface area contributed by atoms with Crippen LogP contribution in [0, 0.1) is 11.2 Å². The number of benzene rings is 1. The lowest BCUT2D eigenvalue weighted by Crippen LogP contribution is -2.38. The summed E-state index contributed by atoms with van der Waals surface area (Å²) in [6.45, 7) is 3.18. The summed E-state index contributed by atoms with van der Waals surface area (Å²) in [6.07, 6.45) is 0. The fourth-order valence-corrected chi connectivity index (χ4v) is 1.84. The number of ether oxygens (including phenoxy) is 1. The van der Waals surface area contributed by atoms with Crippen molar-refractivity contribution in [2.75, 3.05) is 7.11 Å². The Balaban J connectivity index is 3.21. The molecule has 0 aromatic heterocycles. The van der Waals surface area contributed by atoms with Gasteiger partial charge in [0.15, 0.2) is 0 Å². The van der Waals surface area contributed by atoms with Crippen molar-refractivity contribution in [3.05, 3.63) is 34.6 Å². The Morgan fingerprint density at radius 2 is 2.12 bits per heavy atom. The average Bonchev–Trinajstić information content (AvgIpc) is 2.27. The highest BCUT2D eigenvalue weighted by Crippen LogP contribution is 2.37. The van der Waals surface area contributed by atoms with E-state index >= 15 is 0 Å². The van der Waals surface area contributed by atoms with Crippen LogP contribution in [0.1, 0.15) is 25.5 Å². The number of hydrogen-bond donors (Lipinski definition) is 1. The van der Waals surface area contributed by atoms with Crippen LogP contribution in [0.4, 0.5) is 4.39 Å². The van der Waals surface area contributed by atoms with Gasteiger partial charge in [0.05, 0.1) is 12.5 Å². The van der Waals surface area contributed by atoms with Gasteiger partial charge in [-0.05, 0) is 26.0 Å². The topological polar surface area (TPSA) is 52.3 Å². The Bertz CT molecular complexity index is 414. The van der Waals surface area contributed by atoms with E-state index in [1.165, 1.54) is 25.3 Å². The van der Waals surface area contributed by atoms with Gasteiger partial charge in [0.1, 0.15) is 5.82 Å². The molecule has 0 saturated heterocycles. The van der Waals surface area contributed by atoms with Gasteiger partial charge in [0, 0.05) is 16.6 Å². The van der Waals surface area contributed by atoms with Gasteiger partial charge in [0.2, 0.25) is 0 Å². The summed E-state index contributed by atoms with van der Waals surface area (Å²) in [6, 6.07) is 3.41. The van der Waals surface area contributed by atoms with E-state index in [4.69, 9.17) is 17.3 Å². The third-order valence-electron chi connectivity index (χ3n) is 2.80.